The van der Waals surface area contributed by atoms with Gasteiger partial charge in [0.05, 0.1) is 6.61 Å². The predicted octanol–water partition coefficient (Wildman–Crippen LogP) is 1.41. The van der Waals surface area contributed by atoms with E-state index in [1.165, 1.54) is 6.08 Å². The van der Waals surface area contributed by atoms with E-state index in [9.17, 15) is 14.4 Å². The highest BCUT2D eigenvalue weighted by Gasteiger charge is 2.42. The van der Waals surface area contributed by atoms with Crippen LogP contribution >= 0.6 is 0 Å². The normalized spacial score (nSPS) is 30.9. The molecule has 1 heterocycles. The molecule has 1 fully saturated rings. The van der Waals surface area contributed by atoms with Crippen molar-refractivity contribution >= 4 is 17.7 Å². The molecule has 3 unspecified atom stereocenters. The zero-order valence-electron chi connectivity index (χ0n) is 11.0. The molecular weight excluding hydrogens is 248 g/mol. The lowest BCUT2D eigenvalue weighted by atomic mass is 9.83. The molecule has 1 saturated carbocycles. The molecule has 1 aliphatic heterocycles. The van der Waals surface area contributed by atoms with E-state index in [1.54, 1.807) is 13.0 Å². The molecule has 0 saturated heterocycles. The average Bonchev–Trinajstić information content (AvgIpc) is 2.69. The number of carbonyl (C=O) groups excluding carboxylic acids is 3. The Balaban J connectivity index is 2.20. The number of Topliss-reactive ketones (excluding diaryl/α,β-unsaturated/α-hetero) is 1. The Morgan fingerprint density at radius 2 is 2.21 bits per heavy atom. The maximum absolute atomic E-state index is 12.1. The van der Waals surface area contributed by atoms with Crippen molar-refractivity contribution < 1.29 is 23.9 Å². The van der Waals surface area contributed by atoms with Gasteiger partial charge in [-0.15, -0.1) is 0 Å². The minimum atomic E-state index is -0.803. The van der Waals surface area contributed by atoms with Crippen molar-refractivity contribution in [3.8, 4) is 0 Å². The molecule has 2 rings (SSSR count). The van der Waals surface area contributed by atoms with Gasteiger partial charge in [-0.2, -0.15) is 0 Å². The van der Waals surface area contributed by atoms with Gasteiger partial charge >= 0.3 is 11.9 Å². The SMILES string of the molecule is CCOC(=O)C1C(=O)CCCCC1C1C=CC(=O)O1. The third-order valence-electron chi connectivity index (χ3n) is 3.62. The van der Waals surface area contributed by atoms with Gasteiger partial charge in [0.1, 0.15) is 17.8 Å². The van der Waals surface area contributed by atoms with Crippen LogP contribution in [0.2, 0.25) is 0 Å². The van der Waals surface area contributed by atoms with Crippen molar-refractivity contribution in [2.24, 2.45) is 11.8 Å². The molecule has 0 aromatic rings. The van der Waals surface area contributed by atoms with Crippen LogP contribution in [0.25, 0.3) is 0 Å². The Morgan fingerprint density at radius 1 is 1.42 bits per heavy atom. The molecule has 3 atom stereocenters. The van der Waals surface area contributed by atoms with Gasteiger partial charge in [0.15, 0.2) is 0 Å². The molecule has 104 valence electrons. The summed E-state index contributed by atoms with van der Waals surface area (Å²) >= 11 is 0. The van der Waals surface area contributed by atoms with Gasteiger partial charge < -0.3 is 9.47 Å². The van der Waals surface area contributed by atoms with Crippen molar-refractivity contribution in [2.45, 2.75) is 38.7 Å². The Labute approximate surface area is 111 Å². The maximum atomic E-state index is 12.1. The lowest BCUT2D eigenvalue weighted by Gasteiger charge is -2.26. The summed E-state index contributed by atoms with van der Waals surface area (Å²) in [5.74, 6) is -2.10. The van der Waals surface area contributed by atoms with Gasteiger partial charge in [0, 0.05) is 18.4 Å². The van der Waals surface area contributed by atoms with Gasteiger partial charge in [-0.3, -0.25) is 9.59 Å². The second kappa shape index (κ2) is 5.99. The van der Waals surface area contributed by atoms with Crippen LogP contribution in [0.1, 0.15) is 32.6 Å². The number of carbonyl (C=O) groups is 3. The van der Waals surface area contributed by atoms with Crippen molar-refractivity contribution in [2.75, 3.05) is 6.61 Å². The van der Waals surface area contributed by atoms with Gasteiger partial charge in [-0.25, -0.2) is 4.79 Å². The van der Waals surface area contributed by atoms with Crippen LogP contribution in [-0.4, -0.2) is 30.4 Å². The number of hydrogen-bond acceptors (Lipinski definition) is 5. The number of esters is 2. The van der Waals surface area contributed by atoms with Gasteiger partial charge in [0.2, 0.25) is 0 Å². The quantitative estimate of drug-likeness (QED) is 0.439. The van der Waals surface area contributed by atoms with E-state index in [0.717, 1.165) is 12.8 Å². The van der Waals surface area contributed by atoms with Gasteiger partial charge in [-0.1, -0.05) is 6.42 Å². The standard InChI is InChI=1S/C14H18O5/c1-2-18-14(17)13-9(5-3-4-6-10(13)15)11-7-8-12(16)19-11/h7-9,11,13H,2-6H2,1H3. The topological polar surface area (TPSA) is 69.7 Å². The second-order valence-corrected chi connectivity index (χ2v) is 4.87. The third kappa shape index (κ3) is 3.03. The summed E-state index contributed by atoms with van der Waals surface area (Å²) in [4.78, 5) is 35.3. The second-order valence-electron chi connectivity index (χ2n) is 4.87. The van der Waals surface area contributed by atoms with Crippen LogP contribution in [0.5, 0.6) is 0 Å². The van der Waals surface area contributed by atoms with Crippen LogP contribution in [0.3, 0.4) is 0 Å². The molecule has 19 heavy (non-hydrogen) atoms. The van der Waals surface area contributed by atoms with Gasteiger partial charge in [0.25, 0.3) is 0 Å². The molecular formula is C14H18O5. The molecule has 0 spiro atoms. The van der Waals surface area contributed by atoms with Crippen LogP contribution < -0.4 is 0 Å². The van der Waals surface area contributed by atoms with E-state index in [1.807, 2.05) is 0 Å². The smallest absolute Gasteiger partial charge is 0.331 e. The zero-order chi connectivity index (χ0) is 13.8. The highest BCUT2D eigenvalue weighted by Crippen LogP contribution is 2.33. The van der Waals surface area contributed by atoms with E-state index in [0.29, 0.717) is 12.8 Å². The maximum Gasteiger partial charge on any atom is 0.331 e. The van der Waals surface area contributed by atoms with E-state index < -0.39 is 24.0 Å². The molecule has 0 amide bonds. The first-order valence-electron chi connectivity index (χ1n) is 6.71. The molecule has 0 bridgehead atoms. The van der Waals surface area contributed by atoms with Crippen LogP contribution in [-0.2, 0) is 23.9 Å². The molecule has 2 aliphatic rings. The molecule has 0 radical (unpaired) electrons. The zero-order valence-corrected chi connectivity index (χ0v) is 11.0. The summed E-state index contributed by atoms with van der Waals surface area (Å²) in [5.41, 5.74) is 0. The number of cyclic esters (lactones) is 1. The van der Waals surface area contributed by atoms with Gasteiger partial charge in [-0.05, 0) is 25.8 Å². The number of ether oxygens (including phenoxy) is 2. The third-order valence-corrected chi connectivity index (χ3v) is 3.62. The largest absolute Gasteiger partial charge is 0.465 e. The molecule has 0 aromatic heterocycles. The molecule has 5 heteroatoms. The Morgan fingerprint density at radius 3 is 2.84 bits per heavy atom. The fourth-order valence-corrected chi connectivity index (χ4v) is 2.75. The molecule has 1 aliphatic carbocycles. The molecule has 5 nitrogen and oxygen atoms in total. The Kier molecular flexibility index (Phi) is 4.35. The summed E-state index contributed by atoms with van der Waals surface area (Å²) < 4.78 is 10.2. The van der Waals surface area contributed by atoms with E-state index in [4.69, 9.17) is 9.47 Å². The van der Waals surface area contributed by atoms with E-state index in [2.05, 4.69) is 0 Å². The monoisotopic (exact) mass is 266 g/mol. The first-order valence-corrected chi connectivity index (χ1v) is 6.71. The van der Waals surface area contributed by atoms with E-state index >= 15 is 0 Å². The fraction of sp³-hybridized carbons (Fsp3) is 0.643. The summed E-state index contributed by atoms with van der Waals surface area (Å²) in [6, 6.07) is 0. The van der Waals surface area contributed by atoms with Crippen molar-refractivity contribution in [3.63, 3.8) is 0 Å². The lowest BCUT2D eigenvalue weighted by Crippen LogP contribution is -2.38. The highest BCUT2D eigenvalue weighted by molar-refractivity contribution is 5.99. The first-order chi connectivity index (χ1) is 9.13. The number of ketones is 1. The highest BCUT2D eigenvalue weighted by atomic mass is 16.5. The fourth-order valence-electron chi connectivity index (χ4n) is 2.75. The number of hydrogen-bond donors (Lipinski definition) is 0. The lowest BCUT2D eigenvalue weighted by molar-refractivity contribution is -0.158. The van der Waals surface area contributed by atoms with Crippen molar-refractivity contribution in [1.82, 2.24) is 0 Å². The minimum Gasteiger partial charge on any atom is -0.465 e. The van der Waals surface area contributed by atoms with Crippen LogP contribution in [0, 0.1) is 11.8 Å². The minimum absolute atomic E-state index is 0.0997. The number of rotatable bonds is 3. The Hall–Kier alpha value is -1.65. The Bertz CT molecular complexity index is 412. The van der Waals surface area contributed by atoms with Crippen molar-refractivity contribution in [3.05, 3.63) is 12.2 Å². The first kappa shape index (κ1) is 13.8. The predicted molar refractivity (Wildman–Crippen MR) is 66.1 cm³/mol. The summed E-state index contributed by atoms with van der Waals surface area (Å²) in [6.07, 6.45) is 5.22. The average molecular weight is 266 g/mol. The summed E-state index contributed by atoms with van der Waals surface area (Å²) in [6.45, 7) is 1.96. The van der Waals surface area contributed by atoms with Crippen LogP contribution in [0.15, 0.2) is 12.2 Å². The summed E-state index contributed by atoms with van der Waals surface area (Å²) in [7, 11) is 0. The van der Waals surface area contributed by atoms with Crippen molar-refractivity contribution in [1.29, 1.82) is 0 Å². The van der Waals surface area contributed by atoms with Crippen LogP contribution in [0.4, 0.5) is 0 Å². The molecule has 0 aromatic carbocycles. The summed E-state index contributed by atoms with van der Waals surface area (Å²) in [5, 5.41) is 0. The van der Waals surface area contributed by atoms with E-state index in [-0.39, 0.29) is 18.3 Å². The molecule has 0 N–H and O–H groups in total.